The van der Waals surface area contributed by atoms with E-state index in [2.05, 4.69) is 32.4 Å². The molecule has 2 saturated heterocycles. The number of rotatable bonds is 11. The van der Waals surface area contributed by atoms with Crippen molar-refractivity contribution in [1.29, 1.82) is 0 Å². The highest BCUT2D eigenvalue weighted by molar-refractivity contribution is 5.96. The van der Waals surface area contributed by atoms with Gasteiger partial charge in [-0.1, -0.05) is 6.58 Å². The van der Waals surface area contributed by atoms with E-state index >= 15 is 0 Å². The number of nitrogens with zero attached hydrogens (tertiary/aromatic N) is 4. The molecule has 3 aliphatic heterocycles. The molecular formula is C28H38N8O4. The van der Waals surface area contributed by atoms with Crippen molar-refractivity contribution < 1.29 is 14.3 Å². The summed E-state index contributed by atoms with van der Waals surface area (Å²) in [6, 6.07) is 5.21. The Hall–Kier alpha value is -4.06. The van der Waals surface area contributed by atoms with Crippen molar-refractivity contribution in [3.05, 3.63) is 52.8 Å². The Bertz CT molecular complexity index is 1320. The minimum absolute atomic E-state index is 0.0585. The number of fused-ring (bicyclic) bond motifs is 2. The van der Waals surface area contributed by atoms with Crippen molar-refractivity contribution in [2.24, 2.45) is 5.73 Å². The summed E-state index contributed by atoms with van der Waals surface area (Å²) in [7, 11) is 0. The molecule has 12 heteroatoms. The molecule has 0 aliphatic carbocycles. The number of carbonyl (C=O) groups excluding carboxylic acids is 2. The van der Waals surface area contributed by atoms with Crippen molar-refractivity contribution in [3.8, 4) is 11.5 Å². The van der Waals surface area contributed by atoms with Gasteiger partial charge in [-0.3, -0.25) is 14.2 Å². The summed E-state index contributed by atoms with van der Waals surface area (Å²) in [4.78, 5) is 45.8. The zero-order valence-electron chi connectivity index (χ0n) is 22.8. The molecular weight excluding hydrogens is 512 g/mol. The molecule has 0 radical (unpaired) electrons. The molecule has 12 nitrogen and oxygen atoms in total. The molecule has 1 aromatic heterocycles. The molecule has 1 aromatic carbocycles. The quantitative estimate of drug-likeness (QED) is 0.263. The van der Waals surface area contributed by atoms with Crippen LogP contribution in [0.2, 0.25) is 0 Å². The number of amides is 2. The van der Waals surface area contributed by atoms with E-state index in [4.69, 9.17) is 10.5 Å². The Morgan fingerprint density at radius 2 is 1.88 bits per heavy atom. The van der Waals surface area contributed by atoms with Crippen LogP contribution in [0.25, 0.3) is 0 Å². The molecule has 2 aromatic rings. The molecule has 0 spiro atoms. The average molecular weight is 551 g/mol. The van der Waals surface area contributed by atoms with Crippen LogP contribution in [-0.4, -0.2) is 77.0 Å². The van der Waals surface area contributed by atoms with Crippen LogP contribution in [0.1, 0.15) is 54.9 Å². The molecule has 40 heavy (non-hydrogen) atoms. The van der Waals surface area contributed by atoms with E-state index in [1.807, 2.05) is 4.90 Å². The Morgan fingerprint density at radius 3 is 2.62 bits per heavy atom. The molecule has 5 N–H and O–H groups in total. The lowest BCUT2D eigenvalue weighted by Crippen LogP contribution is -2.39. The maximum atomic E-state index is 12.9. The third kappa shape index (κ3) is 6.56. The molecule has 0 saturated carbocycles. The second-order valence-electron chi connectivity index (χ2n) is 10.6. The van der Waals surface area contributed by atoms with Gasteiger partial charge in [0.15, 0.2) is 17.3 Å². The second-order valence-corrected chi connectivity index (χ2v) is 10.6. The van der Waals surface area contributed by atoms with E-state index in [1.165, 1.54) is 0 Å². The van der Waals surface area contributed by atoms with Gasteiger partial charge in [0.2, 0.25) is 5.91 Å². The predicted molar refractivity (Wildman–Crippen MR) is 152 cm³/mol. The number of nitrogens with two attached hydrogens (primary N) is 1. The Balaban J connectivity index is 1.14. The summed E-state index contributed by atoms with van der Waals surface area (Å²) in [5.41, 5.74) is 6.27. The predicted octanol–water partition coefficient (Wildman–Crippen LogP) is 1.88. The lowest BCUT2D eigenvalue weighted by molar-refractivity contribution is -0.127. The highest BCUT2D eigenvalue weighted by Crippen LogP contribution is 2.41. The summed E-state index contributed by atoms with van der Waals surface area (Å²) in [6.45, 7) is 9.15. The maximum absolute atomic E-state index is 12.9. The first-order valence-corrected chi connectivity index (χ1v) is 14.1. The van der Waals surface area contributed by atoms with Crippen LogP contribution in [0.3, 0.4) is 0 Å². The number of benzene rings is 1. The van der Waals surface area contributed by atoms with E-state index in [1.54, 1.807) is 29.0 Å². The van der Waals surface area contributed by atoms with Gasteiger partial charge in [-0.15, -0.1) is 0 Å². The van der Waals surface area contributed by atoms with Crippen molar-refractivity contribution >= 4 is 23.3 Å². The number of ether oxygens (including phenoxy) is 1. The smallest absolute Gasteiger partial charge is 0.350 e. The topological polar surface area (TPSA) is 147 Å². The van der Waals surface area contributed by atoms with Gasteiger partial charge in [-0.05, 0) is 56.8 Å². The van der Waals surface area contributed by atoms with E-state index in [9.17, 15) is 14.4 Å². The number of anilines is 2. The molecule has 2 fully saturated rings. The molecule has 0 unspecified atom stereocenters. The standard InChI is InChI=1S/C28H38N8O4/c1-19(29)30-10-3-12-34-15-8-21(9-16-34)36-18-24-26(33-28(36)39)32-22-17-20(6-7-23(22)40-24)27(38)31-11-4-14-35-13-2-5-25(35)37/h6-7,17-18,21,30H,1-5,8-16,29H2,(H,31,38)(H,32,33,39). The summed E-state index contributed by atoms with van der Waals surface area (Å²) < 4.78 is 7.76. The fourth-order valence-corrected chi connectivity index (χ4v) is 5.47. The summed E-state index contributed by atoms with van der Waals surface area (Å²) in [6.07, 6.45) is 6.66. The summed E-state index contributed by atoms with van der Waals surface area (Å²) >= 11 is 0. The Morgan fingerprint density at radius 1 is 1.10 bits per heavy atom. The molecule has 214 valence electrons. The molecule has 3 aliphatic rings. The molecule has 0 atom stereocenters. The van der Waals surface area contributed by atoms with Gasteiger partial charge >= 0.3 is 5.69 Å². The number of aromatic nitrogens is 2. The largest absolute Gasteiger partial charge is 0.450 e. The third-order valence-corrected chi connectivity index (χ3v) is 7.65. The van der Waals surface area contributed by atoms with Crippen LogP contribution in [0.15, 0.2) is 41.6 Å². The monoisotopic (exact) mass is 550 g/mol. The first kappa shape index (κ1) is 27.5. The number of carbonyl (C=O) groups is 2. The van der Waals surface area contributed by atoms with Gasteiger partial charge in [0, 0.05) is 57.3 Å². The van der Waals surface area contributed by atoms with Crippen LogP contribution in [0, 0.1) is 0 Å². The fraction of sp³-hybridized carbons (Fsp3) is 0.500. The lowest BCUT2D eigenvalue weighted by atomic mass is 10.0. The molecule has 2 amide bonds. The number of hydrogen-bond acceptors (Lipinski definition) is 9. The van der Waals surface area contributed by atoms with Crippen molar-refractivity contribution in [2.45, 2.75) is 44.6 Å². The SMILES string of the molecule is C=C(N)NCCCN1CCC(n2cc3c(nc2=O)Nc2cc(C(=O)NCCCN4CCCC4=O)ccc2O3)CC1. The van der Waals surface area contributed by atoms with Gasteiger partial charge in [0.05, 0.1) is 17.7 Å². The van der Waals surface area contributed by atoms with Gasteiger partial charge in [0.25, 0.3) is 5.91 Å². The van der Waals surface area contributed by atoms with Gasteiger partial charge in [-0.2, -0.15) is 4.98 Å². The van der Waals surface area contributed by atoms with Crippen molar-refractivity contribution in [1.82, 2.24) is 30.0 Å². The van der Waals surface area contributed by atoms with E-state index in [0.717, 1.165) is 58.4 Å². The molecule has 4 heterocycles. The number of likely N-dealkylation sites (tertiary alicyclic amines) is 2. The van der Waals surface area contributed by atoms with E-state index in [0.29, 0.717) is 60.3 Å². The number of piperidine rings is 1. The fourth-order valence-electron chi connectivity index (χ4n) is 5.47. The molecule has 5 rings (SSSR count). The highest BCUT2D eigenvalue weighted by atomic mass is 16.5. The minimum Gasteiger partial charge on any atom is -0.450 e. The first-order valence-electron chi connectivity index (χ1n) is 14.1. The van der Waals surface area contributed by atoms with Gasteiger partial charge in [0.1, 0.15) is 0 Å². The van der Waals surface area contributed by atoms with E-state index < -0.39 is 0 Å². The molecule has 0 bridgehead atoms. The Labute approximate surface area is 233 Å². The summed E-state index contributed by atoms with van der Waals surface area (Å²) in [5, 5.41) is 9.11. The lowest BCUT2D eigenvalue weighted by Gasteiger charge is -2.33. The van der Waals surface area contributed by atoms with Crippen molar-refractivity contribution in [3.63, 3.8) is 0 Å². The zero-order valence-corrected chi connectivity index (χ0v) is 22.8. The van der Waals surface area contributed by atoms with Gasteiger partial charge < -0.3 is 36.2 Å². The highest BCUT2D eigenvalue weighted by Gasteiger charge is 2.26. The first-order chi connectivity index (χ1) is 19.4. The number of hydrogen-bond donors (Lipinski definition) is 4. The zero-order chi connectivity index (χ0) is 28.1. The Kier molecular flexibility index (Phi) is 8.54. The van der Waals surface area contributed by atoms with E-state index in [-0.39, 0.29) is 23.5 Å². The summed E-state index contributed by atoms with van der Waals surface area (Å²) in [5.74, 6) is 1.85. The minimum atomic E-state index is -0.326. The normalized spacial score (nSPS) is 17.0. The van der Waals surface area contributed by atoms with Gasteiger partial charge in [-0.25, -0.2) is 4.79 Å². The van der Waals surface area contributed by atoms with Crippen LogP contribution in [0.5, 0.6) is 11.5 Å². The van der Waals surface area contributed by atoms with Crippen LogP contribution in [0.4, 0.5) is 11.5 Å². The second kappa shape index (κ2) is 12.4. The van der Waals surface area contributed by atoms with Crippen LogP contribution >= 0.6 is 0 Å². The third-order valence-electron chi connectivity index (χ3n) is 7.65. The van der Waals surface area contributed by atoms with Crippen molar-refractivity contribution in [2.75, 3.05) is 51.1 Å². The maximum Gasteiger partial charge on any atom is 0.350 e. The average Bonchev–Trinajstić information content (AvgIpc) is 3.36. The number of nitrogens with one attached hydrogen (secondary N) is 3. The van der Waals surface area contributed by atoms with Crippen LogP contribution < -0.4 is 32.1 Å². The van der Waals surface area contributed by atoms with Crippen LogP contribution in [-0.2, 0) is 4.79 Å².